The molecular formula is C27H36N2O4. The largest absolute Gasteiger partial charge is 0.497 e. The first-order chi connectivity index (χ1) is 16.0. The molecule has 2 aromatic rings. The third kappa shape index (κ3) is 7.52. The van der Waals surface area contributed by atoms with Crippen LogP contribution >= 0.6 is 0 Å². The predicted molar refractivity (Wildman–Crippen MR) is 129 cm³/mol. The van der Waals surface area contributed by atoms with Crippen LogP contribution in [0.2, 0.25) is 0 Å². The molecule has 1 fully saturated rings. The van der Waals surface area contributed by atoms with Crippen molar-refractivity contribution in [1.82, 2.24) is 10.2 Å². The summed E-state index contributed by atoms with van der Waals surface area (Å²) in [7, 11) is 1.62. The summed E-state index contributed by atoms with van der Waals surface area (Å²) < 4.78 is 11.0. The van der Waals surface area contributed by atoms with Gasteiger partial charge in [-0.15, -0.1) is 0 Å². The van der Waals surface area contributed by atoms with Gasteiger partial charge in [0.25, 0.3) is 0 Å². The number of aryl methyl sites for hydroxylation is 1. The Balaban J connectivity index is 1.60. The Morgan fingerprint density at radius 2 is 1.67 bits per heavy atom. The van der Waals surface area contributed by atoms with Gasteiger partial charge in [-0.3, -0.25) is 9.59 Å². The van der Waals surface area contributed by atoms with Crippen molar-refractivity contribution in [2.45, 2.75) is 71.0 Å². The zero-order valence-electron chi connectivity index (χ0n) is 20.0. The number of hydrogen-bond acceptors (Lipinski definition) is 4. The van der Waals surface area contributed by atoms with Crippen LogP contribution in [0.15, 0.2) is 48.5 Å². The number of amides is 2. The highest BCUT2D eigenvalue weighted by molar-refractivity contribution is 5.87. The Morgan fingerprint density at radius 3 is 2.30 bits per heavy atom. The second-order valence-corrected chi connectivity index (χ2v) is 8.80. The zero-order chi connectivity index (χ0) is 23.6. The Labute approximate surface area is 197 Å². The highest BCUT2D eigenvalue weighted by Gasteiger charge is 2.28. The first-order valence-corrected chi connectivity index (χ1v) is 11.9. The van der Waals surface area contributed by atoms with Gasteiger partial charge in [0.1, 0.15) is 17.5 Å². The van der Waals surface area contributed by atoms with E-state index in [4.69, 9.17) is 9.47 Å². The summed E-state index contributed by atoms with van der Waals surface area (Å²) in [5, 5.41) is 3.13. The van der Waals surface area contributed by atoms with Gasteiger partial charge in [0.05, 0.1) is 13.7 Å². The van der Waals surface area contributed by atoms with E-state index in [2.05, 4.69) is 5.32 Å². The number of nitrogens with one attached hydrogen (secondary N) is 1. The van der Waals surface area contributed by atoms with Crippen LogP contribution in [0.5, 0.6) is 11.5 Å². The van der Waals surface area contributed by atoms with Crippen LogP contribution in [-0.2, 0) is 16.1 Å². The topological polar surface area (TPSA) is 67.9 Å². The number of nitrogens with zero attached hydrogens (tertiary/aromatic N) is 1. The second kappa shape index (κ2) is 12.3. The van der Waals surface area contributed by atoms with Gasteiger partial charge >= 0.3 is 0 Å². The van der Waals surface area contributed by atoms with Gasteiger partial charge in [-0.1, -0.05) is 42.7 Å². The number of hydrogen-bond donors (Lipinski definition) is 1. The van der Waals surface area contributed by atoms with Gasteiger partial charge in [-0.25, -0.2) is 0 Å². The van der Waals surface area contributed by atoms with Gasteiger partial charge in [0, 0.05) is 19.0 Å². The monoisotopic (exact) mass is 452 g/mol. The van der Waals surface area contributed by atoms with Crippen molar-refractivity contribution in [3.05, 3.63) is 59.7 Å². The minimum atomic E-state index is -0.543. The fourth-order valence-electron chi connectivity index (χ4n) is 4.09. The van der Waals surface area contributed by atoms with Crippen molar-refractivity contribution >= 4 is 11.8 Å². The molecule has 1 aliphatic carbocycles. The molecule has 3 rings (SSSR count). The van der Waals surface area contributed by atoms with Crippen molar-refractivity contribution in [2.24, 2.45) is 0 Å². The van der Waals surface area contributed by atoms with E-state index in [0.717, 1.165) is 42.7 Å². The molecule has 33 heavy (non-hydrogen) atoms. The van der Waals surface area contributed by atoms with E-state index in [1.54, 1.807) is 12.0 Å². The van der Waals surface area contributed by atoms with Crippen LogP contribution in [0.4, 0.5) is 0 Å². The average molecular weight is 453 g/mol. The third-order valence-electron chi connectivity index (χ3n) is 6.21. The summed E-state index contributed by atoms with van der Waals surface area (Å²) in [6.07, 6.45) is 5.23. The number of ether oxygens (including phenoxy) is 2. The highest BCUT2D eigenvalue weighted by atomic mass is 16.5. The van der Waals surface area contributed by atoms with Crippen molar-refractivity contribution in [3.63, 3.8) is 0 Å². The van der Waals surface area contributed by atoms with Gasteiger partial charge in [-0.2, -0.15) is 0 Å². The lowest BCUT2D eigenvalue weighted by Crippen LogP contribution is -2.49. The molecule has 2 aromatic carbocycles. The molecule has 0 heterocycles. The maximum absolute atomic E-state index is 13.2. The minimum absolute atomic E-state index is 0.0487. The molecule has 0 radical (unpaired) electrons. The molecule has 1 atom stereocenters. The number of rotatable bonds is 11. The number of carbonyl (C=O) groups excluding carboxylic acids is 2. The summed E-state index contributed by atoms with van der Waals surface area (Å²) in [6, 6.07) is 15.2. The molecular weight excluding hydrogens is 416 g/mol. The smallest absolute Gasteiger partial charge is 0.242 e. The summed E-state index contributed by atoms with van der Waals surface area (Å²) in [6.45, 7) is 4.67. The summed E-state index contributed by atoms with van der Waals surface area (Å²) in [5.41, 5.74) is 2.14. The zero-order valence-corrected chi connectivity index (χ0v) is 20.0. The molecule has 0 aliphatic heterocycles. The maximum Gasteiger partial charge on any atom is 0.242 e. The van der Waals surface area contributed by atoms with E-state index >= 15 is 0 Å². The lowest BCUT2D eigenvalue weighted by atomic mass is 10.1. The molecule has 0 bridgehead atoms. The Hall–Kier alpha value is -3.02. The number of benzene rings is 2. The third-order valence-corrected chi connectivity index (χ3v) is 6.21. The van der Waals surface area contributed by atoms with Crippen LogP contribution in [0, 0.1) is 6.92 Å². The lowest BCUT2D eigenvalue weighted by Gasteiger charge is -2.30. The van der Waals surface area contributed by atoms with E-state index < -0.39 is 6.04 Å². The Kier molecular flexibility index (Phi) is 9.16. The summed E-state index contributed by atoms with van der Waals surface area (Å²) in [4.78, 5) is 27.8. The molecule has 6 nitrogen and oxygen atoms in total. The molecule has 0 spiro atoms. The number of methoxy groups -OCH3 is 1. The van der Waals surface area contributed by atoms with E-state index in [-0.39, 0.29) is 17.9 Å². The SMILES string of the molecule is COc1ccc(CN(C(=O)CCCOc2ccc(C)cc2)[C@@H](C)C(=O)NC2CCCC2)cc1. The maximum atomic E-state index is 13.2. The van der Waals surface area contributed by atoms with Gasteiger partial charge in [-0.05, 0) is 62.9 Å². The van der Waals surface area contributed by atoms with Crippen LogP contribution < -0.4 is 14.8 Å². The van der Waals surface area contributed by atoms with Crippen molar-refractivity contribution in [1.29, 1.82) is 0 Å². The van der Waals surface area contributed by atoms with Gasteiger partial charge < -0.3 is 19.7 Å². The van der Waals surface area contributed by atoms with Crippen molar-refractivity contribution in [2.75, 3.05) is 13.7 Å². The van der Waals surface area contributed by atoms with E-state index in [1.165, 1.54) is 5.56 Å². The molecule has 0 unspecified atom stereocenters. The lowest BCUT2D eigenvalue weighted by molar-refractivity contribution is -0.141. The molecule has 0 saturated heterocycles. The second-order valence-electron chi connectivity index (χ2n) is 8.80. The van der Waals surface area contributed by atoms with Crippen LogP contribution in [0.1, 0.15) is 56.6 Å². The fraction of sp³-hybridized carbons (Fsp3) is 0.481. The Bertz CT molecular complexity index is 889. The van der Waals surface area contributed by atoms with Crippen LogP contribution in [0.25, 0.3) is 0 Å². The van der Waals surface area contributed by atoms with Crippen LogP contribution in [-0.4, -0.2) is 42.5 Å². The predicted octanol–water partition coefficient (Wildman–Crippen LogP) is 4.64. The summed E-state index contributed by atoms with van der Waals surface area (Å²) >= 11 is 0. The first kappa shape index (κ1) is 24.6. The molecule has 6 heteroatoms. The molecule has 1 N–H and O–H groups in total. The molecule has 1 saturated carbocycles. The van der Waals surface area contributed by atoms with E-state index in [9.17, 15) is 9.59 Å². The van der Waals surface area contributed by atoms with Crippen molar-refractivity contribution < 1.29 is 19.1 Å². The van der Waals surface area contributed by atoms with E-state index in [1.807, 2.05) is 62.4 Å². The van der Waals surface area contributed by atoms with Crippen molar-refractivity contribution in [3.8, 4) is 11.5 Å². The molecule has 0 aromatic heterocycles. The summed E-state index contributed by atoms with van der Waals surface area (Å²) in [5.74, 6) is 1.43. The quantitative estimate of drug-likeness (QED) is 0.505. The fourth-order valence-corrected chi connectivity index (χ4v) is 4.09. The molecule has 2 amide bonds. The minimum Gasteiger partial charge on any atom is -0.497 e. The molecule has 178 valence electrons. The number of carbonyl (C=O) groups is 2. The van der Waals surface area contributed by atoms with Crippen LogP contribution in [0.3, 0.4) is 0 Å². The highest BCUT2D eigenvalue weighted by Crippen LogP contribution is 2.20. The van der Waals surface area contributed by atoms with Gasteiger partial charge in [0.15, 0.2) is 0 Å². The first-order valence-electron chi connectivity index (χ1n) is 11.9. The standard InChI is InChI=1S/C27H36N2O4/c1-20-10-14-25(15-11-20)33-18-6-9-26(30)29(19-22-12-16-24(32-3)17-13-22)21(2)27(31)28-23-7-4-5-8-23/h10-17,21,23H,4-9,18-19H2,1-3H3,(H,28,31)/t21-/m0/s1. The van der Waals surface area contributed by atoms with Gasteiger partial charge in [0.2, 0.25) is 11.8 Å². The average Bonchev–Trinajstić information content (AvgIpc) is 3.34. The van der Waals surface area contributed by atoms with E-state index in [0.29, 0.717) is 26.0 Å². The Morgan fingerprint density at radius 1 is 1.03 bits per heavy atom. The molecule has 1 aliphatic rings. The normalized spacial score (nSPS) is 14.5.